The van der Waals surface area contributed by atoms with E-state index in [2.05, 4.69) is 4.72 Å². The van der Waals surface area contributed by atoms with Gasteiger partial charge < -0.3 is 10.0 Å². The van der Waals surface area contributed by atoms with Gasteiger partial charge in [0.2, 0.25) is 10.0 Å². The van der Waals surface area contributed by atoms with Crippen molar-refractivity contribution in [2.45, 2.75) is 37.3 Å². The number of hydrogen-bond acceptors (Lipinski definition) is 4. The van der Waals surface area contributed by atoms with Gasteiger partial charge in [0.25, 0.3) is 0 Å². The molecule has 0 spiro atoms. The molecule has 5 nitrogen and oxygen atoms in total. The van der Waals surface area contributed by atoms with Crippen molar-refractivity contribution in [3.05, 3.63) is 24.3 Å². The van der Waals surface area contributed by atoms with Gasteiger partial charge in [-0.05, 0) is 32.9 Å². The van der Waals surface area contributed by atoms with Gasteiger partial charge in [-0.1, -0.05) is 12.1 Å². The molecule has 1 saturated heterocycles. The molecule has 2 rings (SSSR count). The number of nitrogens with zero attached hydrogens (tertiary/aromatic N) is 1. The van der Waals surface area contributed by atoms with Gasteiger partial charge >= 0.3 is 0 Å². The first-order valence-electron chi connectivity index (χ1n) is 6.30. The summed E-state index contributed by atoms with van der Waals surface area (Å²) in [6, 6.07) is 6.71. The number of hydrogen-bond donors (Lipinski definition) is 2. The molecule has 0 radical (unpaired) electrons. The molecular formula is C13H20N2O3S. The van der Waals surface area contributed by atoms with Gasteiger partial charge in [-0.15, -0.1) is 0 Å². The fourth-order valence-corrected chi connectivity index (χ4v) is 3.74. The predicted octanol–water partition coefficient (Wildman–Crippen LogP) is 0.944. The first-order chi connectivity index (χ1) is 8.71. The Balaban J connectivity index is 2.32. The summed E-state index contributed by atoms with van der Waals surface area (Å²) >= 11 is 0. The standard InChI is InChI=1S/C13H20N2O3S/c1-10(2)14-19(17,18)12-7-5-4-6-11(12)15-8-13(3,16)9-15/h4-7,10,14,16H,8-9H2,1-3H3. The second-order valence-electron chi connectivity index (χ2n) is 5.60. The van der Waals surface area contributed by atoms with Crippen LogP contribution in [0.2, 0.25) is 0 Å². The fraction of sp³-hybridized carbons (Fsp3) is 0.538. The van der Waals surface area contributed by atoms with Crippen molar-refractivity contribution in [1.29, 1.82) is 0 Å². The van der Waals surface area contributed by atoms with E-state index in [-0.39, 0.29) is 10.9 Å². The molecule has 106 valence electrons. The van der Waals surface area contributed by atoms with Crippen LogP contribution >= 0.6 is 0 Å². The number of nitrogens with one attached hydrogen (secondary N) is 1. The van der Waals surface area contributed by atoms with Gasteiger partial charge in [-0.3, -0.25) is 0 Å². The van der Waals surface area contributed by atoms with Crippen LogP contribution in [-0.4, -0.2) is 38.3 Å². The molecule has 1 aliphatic rings. The summed E-state index contributed by atoms with van der Waals surface area (Å²) in [6.45, 7) is 6.21. The molecule has 1 fully saturated rings. The van der Waals surface area contributed by atoms with E-state index in [1.807, 2.05) is 4.90 Å². The number of aliphatic hydroxyl groups is 1. The highest BCUT2D eigenvalue weighted by molar-refractivity contribution is 7.89. The molecule has 1 aromatic carbocycles. The SMILES string of the molecule is CC(C)NS(=O)(=O)c1ccccc1N1CC(C)(O)C1. The number of benzene rings is 1. The summed E-state index contributed by atoms with van der Waals surface area (Å²) in [4.78, 5) is 2.13. The Bertz CT molecular complexity index is 559. The third-order valence-electron chi connectivity index (χ3n) is 2.95. The Morgan fingerprint density at radius 1 is 1.32 bits per heavy atom. The van der Waals surface area contributed by atoms with Gasteiger partial charge in [0.05, 0.1) is 11.3 Å². The average molecular weight is 284 g/mol. The quantitative estimate of drug-likeness (QED) is 0.863. The van der Waals surface area contributed by atoms with Gasteiger partial charge in [-0.25, -0.2) is 13.1 Å². The Hall–Kier alpha value is -1.11. The monoisotopic (exact) mass is 284 g/mol. The first-order valence-corrected chi connectivity index (χ1v) is 7.78. The zero-order valence-electron chi connectivity index (χ0n) is 11.4. The highest BCUT2D eigenvalue weighted by Crippen LogP contribution is 2.32. The summed E-state index contributed by atoms with van der Waals surface area (Å²) < 4.78 is 27.1. The van der Waals surface area contributed by atoms with Crippen LogP contribution in [-0.2, 0) is 10.0 Å². The molecule has 19 heavy (non-hydrogen) atoms. The van der Waals surface area contributed by atoms with E-state index in [4.69, 9.17) is 0 Å². The molecule has 0 unspecified atom stereocenters. The Morgan fingerprint density at radius 3 is 2.42 bits per heavy atom. The van der Waals surface area contributed by atoms with Gasteiger partial charge in [0.15, 0.2) is 0 Å². The van der Waals surface area contributed by atoms with Crippen molar-refractivity contribution in [3.8, 4) is 0 Å². The van der Waals surface area contributed by atoms with Crippen LogP contribution in [0.25, 0.3) is 0 Å². The summed E-state index contributed by atoms with van der Waals surface area (Å²) in [5.41, 5.74) is -0.0929. The maximum absolute atomic E-state index is 12.3. The lowest BCUT2D eigenvalue weighted by atomic mass is 9.96. The zero-order valence-corrected chi connectivity index (χ0v) is 12.2. The van der Waals surface area contributed by atoms with E-state index in [1.54, 1.807) is 45.0 Å². The summed E-state index contributed by atoms with van der Waals surface area (Å²) in [5.74, 6) is 0. The van der Waals surface area contributed by atoms with Gasteiger partial charge in [-0.2, -0.15) is 0 Å². The zero-order chi connectivity index (χ0) is 14.3. The Labute approximate surface area is 114 Å². The number of anilines is 1. The third kappa shape index (κ3) is 3.08. The lowest BCUT2D eigenvalue weighted by Crippen LogP contribution is -2.60. The lowest BCUT2D eigenvalue weighted by molar-refractivity contribution is 0.0307. The molecular weight excluding hydrogens is 264 g/mol. The van der Waals surface area contributed by atoms with E-state index in [1.165, 1.54) is 0 Å². The van der Waals surface area contributed by atoms with E-state index < -0.39 is 15.6 Å². The van der Waals surface area contributed by atoms with Crippen LogP contribution in [0.4, 0.5) is 5.69 Å². The largest absolute Gasteiger partial charge is 0.386 e. The van der Waals surface area contributed by atoms with Crippen molar-refractivity contribution >= 4 is 15.7 Å². The molecule has 0 atom stereocenters. The number of sulfonamides is 1. The van der Waals surface area contributed by atoms with Crippen LogP contribution in [0, 0.1) is 0 Å². The van der Waals surface area contributed by atoms with E-state index in [0.29, 0.717) is 18.8 Å². The highest BCUT2D eigenvalue weighted by atomic mass is 32.2. The van der Waals surface area contributed by atoms with E-state index in [9.17, 15) is 13.5 Å². The fourth-order valence-electron chi connectivity index (χ4n) is 2.27. The van der Waals surface area contributed by atoms with Crippen molar-refractivity contribution in [2.75, 3.05) is 18.0 Å². The van der Waals surface area contributed by atoms with Gasteiger partial charge in [0, 0.05) is 19.1 Å². The first kappa shape index (κ1) is 14.3. The minimum atomic E-state index is -3.52. The Morgan fingerprint density at radius 2 is 1.89 bits per heavy atom. The molecule has 0 aromatic heterocycles. The second-order valence-corrected chi connectivity index (χ2v) is 7.28. The second kappa shape index (κ2) is 4.77. The number of para-hydroxylation sites is 1. The van der Waals surface area contributed by atoms with Crippen LogP contribution in [0.3, 0.4) is 0 Å². The van der Waals surface area contributed by atoms with Crippen molar-refractivity contribution in [1.82, 2.24) is 4.72 Å². The third-order valence-corrected chi connectivity index (χ3v) is 4.66. The van der Waals surface area contributed by atoms with Crippen LogP contribution in [0.1, 0.15) is 20.8 Å². The molecule has 0 aliphatic carbocycles. The maximum atomic E-state index is 12.3. The van der Waals surface area contributed by atoms with Crippen molar-refractivity contribution in [2.24, 2.45) is 0 Å². The van der Waals surface area contributed by atoms with Crippen molar-refractivity contribution in [3.63, 3.8) is 0 Å². The average Bonchev–Trinajstić information content (AvgIpc) is 2.24. The molecule has 2 N–H and O–H groups in total. The van der Waals surface area contributed by atoms with Gasteiger partial charge in [0.1, 0.15) is 4.90 Å². The van der Waals surface area contributed by atoms with E-state index >= 15 is 0 Å². The lowest BCUT2D eigenvalue weighted by Gasteiger charge is -2.46. The molecule has 0 amide bonds. The highest BCUT2D eigenvalue weighted by Gasteiger charge is 2.38. The molecule has 0 bridgehead atoms. The molecule has 6 heteroatoms. The molecule has 1 aliphatic heterocycles. The summed E-state index contributed by atoms with van der Waals surface area (Å²) in [7, 11) is -3.52. The van der Waals surface area contributed by atoms with Crippen LogP contribution in [0.5, 0.6) is 0 Å². The van der Waals surface area contributed by atoms with Crippen molar-refractivity contribution < 1.29 is 13.5 Å². The van der Waals surface area contributed by atoms with Crippen LogP contribution < -0.4 is 9.62 Å². The predicted molar refractivity (Wildman–Crippen MR) is 74.7 cm³/mol. The maximum Gasteiger partial charge on any atom is 0.242 e. The molecule has 0 saturated carbocycles. The Kier molecular flexibility index (Phi) is 3.59. The normalized spacial score (nSPS) is 18.5. The minimum Gasteiger partial charge on any atom is -0.386 e. The molecule has 1 aromatic rings. The number of β-amino-alcohol motifs (C(OH)–C–C–N with tert-alkyl or cyclic N) is 1. The van der Waals surface area contributed by atoms with E-state index in [0.717, 1.165) is 0 Å². The molecule has 1 heterocycles. The smallest absolute Gasteiger partial charge is 0.242 e. The topological polar surface area (TPSA) is 69.6 Å². The minimum absolute atomic E-state index is 0.155. The van der Waals surface area contributed by atoms with Crippen LogP contribution in [0.15, 0.2) is 29.2 Å². The number of rotatable bonds is 4. The summed E-state index contributed by atoms with van der Waals surface area (Å²) in [6.07, 6.45) is 0. The summed E-state index contributed by atoms with van der Waals surface area (Å²) in [5, 5.41) is 9.78.